The minimum Gasteiger partial charge on any atom is -0.504 e. The third-order valence-electron chi connectivity index (χ3n) is 4.20. The first-order valence-corrected chi connectivity index (χ1v) is 9.45. The summed E-state index contributed by atoms with van der Waals surface area (Å²) in [5, 5.41) is 20.9. The molecule has 0 fully saturated rings. The maximum absolute atomic E-state index is 12.5. The highest BCUT2D eigenvalue weighted by Crippen LogP contribution is 2.41. The van der Waals surface area contributed by atoms with Crippen molar-refractivity contribution >= 4 is 5.97 Å². The predicted molar refractivity (Wildman–Crippen MR) is 98.0 cm³/mol. The number of hydrogen-bond acceptors (Lipinski definition) is 5. The number of phenolic OH excluding ortho intramolecular Hbond substituents is 2. The van der Waals surface area contributed by atoms with Gasteiger partial charge in [-0.05, 0) is 36.8 Å². The summed E-state index contributed by atoms with van der Waals surface area (Å²) in [7, 11) is 0. The summed E-state index contributed by atoms with van der Waals surface area (Å²) >= 11 is 0. The van der Waals surface area contributed by atoms with Crippen LogP contribution in [0.4, 0.5) is 0 Å². The van der Waals surface area contributed by atoms with Crippen LogP contribution in [0.3, 0.4) is 0 Å². The van der Waals surface area contributed by atoms with Gasteiger partial charge in [0.05, 0.1) is 6.61 Å². The van der Waals surface area contributed by atoms with Gasteiger partial charge in [0.25, 0.3) is 0 Å². The van der Waals surface area contributed by atoms with E-state index in [1.54, 1.807) is 0 Å². The average Bonchev–Trinajstić information content (AvgIpc) is 2.59. The zero-order valence-corrected chi connectivity index (χ0v) is 16.0. The van der Waals surface area contributed by atoms with E-state index in [0.29, 0.717) is 19.4 Å². The Hall–Kier alpha value is -1.75. The Morgan fingerprint density at radius 2 is 1.36 bits per heavy atom. The van der Waals surface area contributed by atoms with Gasteiger partial charge in [-0.25, -0.2) is 4.79 Å². The molecule has 0 saturated heterocycles. The number of benzene rings is 1. The van der Waals surface area contributed by atoms with Crippen LogP contribution in [0.5, 0.6) is 11.5 Å². The smallest absolute Gasteiger partial charge is 0.377 e. The largest absolute Gasteiger partial charge is 0.504 e. The Labute approximate surface area is 150 Å². The molecule has 5 nitrogen and oxygen atoms in total. The molecule has 142 valence electrons. The molecule has 2 N–H and O–H groups in total. The predicted octanol–water partition coefficient (Wildman–Crippen LogP) is 4.84. The fraction of sp³-hybridized carbons (Fsp3) is 0.650. The Morgan fingerprint density at radius 1 is 0.800 bits per heavy atom. The molecule has 0 aliphatic carbocycles. The third kappa shape index (κ3) is 5.36. The number of carbonyl (C=O) groups excluding carboxylic acids is 1. The highest BCUT2D eigenvalue weighted by molar-refractivity contribution is 5.95. The van der Waals surface area contributed by atoms with Gasteiger partial charge < -0.3 is 10.2 Å². The molecule has 1 rings (SSSR count). The molecule has 0 bridgehead atoms. The molecule has 0 saturated carbocycles. The Kier molecular flexibility index (Phi) is 9.35. The van der Waals surface area contributed by atoms with Gasteiger partial charge in [0.15, 0.2) is 11.5 Å². The second-order valence-corrected chi connectivity index (χ2v) is 6.30. The van der Waals surface area contributed by atoms with Crippen molar-refractivity contribution in [3.8, 4) is 11.5 Å². The number of phenols is 2. The lowest BCUT2D eigenvalue weighted by atomic mass is 9.87. The molecule has 5 heteroatoms. The maximum atomic E-state index is 12.5. The maximum Gasteiger partial charge on any atom is 0.377 e. The number of rotatable bonds is 11. The van der Waals surface area contributed by atoms with Gasteiger partial charge in [0.1, 0.15) is 5.56 Å². The summed E-state index contributed by atoms with van der Waals surface area (Å²) in [4.78, 5) is 22.3. The van der Waals surface area contributed by atoms with Crippen molar-refractivity contribution in [3.63, 3.8) is 0 Å². The minimum atomic E-state index is -0.743. The lowest BCUT2D eigenvalue weighted by molar-refractivity contribution is -0.241. The van der Waals surface area contributed by atoms with Gasteiger partial charge in [0, 0.05) is 5.56 Å². The number of carbonyl (C=O) groups is 1. The minimum absolute atomic E-state index is 0.0409. The van der Waals surface area contributed by atoms with Crippen molar-refractivity contribution in [1.29, 1.82) is 0 Å². The Bertz CT molecular complexity index is 566. The second kappa shape index (κ2) is 11.0. The summed E-state index contributed by atoms with van der Waals surface area (Å²) in [6.07, 6.45) is 6.31. The van der Waals surface area contributed by atoms with Crippen LogP contribution in [0, 0.1) is 0 Å². The normalized spacial score (nSPS) is 10.9. The van der Waals surface area contributed by atoms with Gasteiger partial charge in [0.2, 0.25) is 0 Å². The zero-order valence-electron chi connectivity index (χ0n) is 16.0. The number of unbranched alkanes of at least 4 members (excludes halogenated alkanes) is 1. The van der Waals surface area contributed by atoms with Crippen molar-refractivity contribution < 1.29 is 24.8 Å². The molecule has 0 radical (unpaired) electrons. The standard InChI is InChI=1S/C20H32O5/c1-5-9-13-24-25-20(23)17-15(11-7-3)14(10-6-2)16(12-8-4)18(21)19(17)22/h21-22H,5-13H2,1-4H3. The summed E-state index contributed by atoms with van der Waals surface area (Å²) in [6.45, 7) is 8.42. The van der Waals surface area contributed by atoms with Crippen LogP contribution < -0.4 is 0 Å². The van der Waals surface area contributed by atoms with E-state index in [1.165, 1.54) is 0 Å². The summed E-state index contributed by atoms with van der Waals surface area (Å²) < 4.78 is 0. The summed E-state index contributed by atoms with van der Waals surface area (Å²) in [6, 6.07) is 0. The molecule has 25 heavy (non-hydrogen) atoms. The number of aromatic hydroxyl groups is 2. The monoisotopic (exact) mass is 352 g/mol. The SMILES string of the molecule is CCCCOOC(=O)c1c(O)c(O)c(CCC)c(CCC)c1CCC. The quantitative estimate of drug-likeness (QED) is 0.258. The van der Waals surface area contributed by atoms with E-state index in [2.05, 4.69) is 6.92 Å². The van der Waals surface area contributed by atoms with Crippen molar-refractivity contribution in [2.75, 3.05) is 6.61 Å². The van der Waals surface area contributed by atoms with Crippen LogP contribution in [-0.2, 0) is 29.0 Å². The summed E-state index contributed by atoms with van der Waals surface area (Å²) in [5.74, 6) is -1.34. The lowest BCUT2D eigenvalue weighted by Crippen LogP contribution is -2.14. The molecule has 0 heterocycles. The van der Waals surface area contributed by atoms with Crippen molar-refractivity contribution in [1.82, 2.24) is 0 Å². The van der Waals surface area contributed by atoms with Gasteiger partial charge in [-0.3, -0.25) is 4.89 Å². The third-order valence-corrected chi connectivity index (χ3v) is 4.20. The topological polar surface area (TPSA) is 76.0 Å². The fourth-order valence-corrected chi connectivity index (χ4v) is 3.04. The van der Waals surface area contributed by atoms with Gasteiger partial charge >= 0.3 is 5.97 Å². The zero-order chi connectivity index (χ0) is 18.8. The highest BCUT2D eigenvalue weighted by Gasteiger charge is 2.27. The fourth-order valence-electron chi connectivity index (χ4n) is 3.04. The van der Waals surface area contributed by atoms with Crippen molar-refractivity contribution in [2.24, 2.45) is 0 Å². The van der Waals surface area contributed by atoms with E-state index in [0.717, 1.165) is 55.2 Å². The van der Waals surface area contributed by atoms with Crippen LogP contribution in [0.1, 0.15) is 86.8 Å². The lowest BCUT2D eigenvalue weighted by Gasteiger charge is -2.20. The first-order valence-electron chi connectivity index (χ1n) is 9.45. The van der Waals surface area contributed by atoms with Crippen LogP contribution in [0.2, 0.25) is 0 Å². The molecule has 0 unspecified atom stereocenters. The van der Waals surface area contributed by atoms with Crippen LogP contribution >= 0.6 is 0 Å². The molecule has 0 atom stereocenters. The van der Waals surface area contributed by atoms with Crippen molar-refractivity contribution in [3.05, 3.63) is 22.3 Å². The Morgan fingerprint density at radius 3 is 1.92 bits per heavy atom. The van der Waals surface area contributed by atoms with E-state index in [9.17, 15) is 15.0 Å². The molecule has 0 spiro atoms. The molecule has 0 aliphatic rings. The van der Waals surface area contributed by atoms with Gasteiger partial charge in [-0.15, -0.1) is 0 Å². The molecular weight excluding hydrogens is 320 g/mol. The van der Waals surface area contributed by atoms with Crippen LogP contribution in [-0.4, -0.2) is 22.8 Å². The van der Waals surface area contributed by atoms with E-state index >= 15 is 0 Å². The van der Waals surface area contributed by atoms with E-state index in [4.69, 9.17) is 9.78 Å². The molecule has 0 aromatic heterocycles. The molecule has 1 aromatic carbocycles. The molecule has 0 amide bonds. The van der Waals surface area contributed by atoms with Gasteiger partial charge in [-0.1, -0.05) is 53.4 Å². The first-order chi connectivity index (χ1) is 12.0. The van der Waals surface area contributed by atoms with Crippen LogP contribution in [0.15, 0.2) is 0 Å². The molecule has 1 aromatic rings. The summed E-state index contributed by atoms with van der Waals surface area (Å²) in [5.41, 5.74) is 2.52. The van der Waals surface area contributed by atoms with E-state index < -0.39 is 11.7 Å². The van der Waals surface area contributed by atoms with Crippen molar-refractivity contribution in [2.45, 2.75) is 79.1 Å². The average molecular weight is 352 g/mol. The Balaban J connectivity index is 3.36. The molecule has 0 aliphatic heterocycles. The molecular formula is C20H32O5. The van der Waals surface area contributed by atoms with Crippen LogP contribution in [0.25, 0.3) is 0 Å². The second-order valence-electron chi connectivity index (χ2n) is 6.30. The highest BCUT2D eigenvalue weighted by atomic mass is 17.2. The first kappa shape index (κ1) is 21.3. The van der Waals surface area contributed by atoms with Gasteiger partial charge in [-0.2, -0.15) is 4.89 Å². The number of hydrogen-bond donors (Lipinski definition) is 2. The van der Waals surface area contributed by atoms with E-state index in [-0.39, 0.29) is 11.3 Å². The van der Waals surface area contributed by atoms with E-state index in [1.807, 2.05) is 20.8 Å².